The summed E-state index contributed by atoms with van der Waals surface area (Å²) in [7, 11) is 0. The number of carbonyl (C=O) groups excluding carboxylic acids is 1. The second-order valence-corrected chi connectivity index (χ2v) is 5.74. The van der Waals surface area contributed by atoms with Crippen LogP contribution in [0.5, 0.6) is 0 Å². The van der Waals surface area contributed by atoms with Crippen LogP contribution in [0.15, 0.2) is 0 Å². The van der Waals surface area contributed by atoms with Crippen LogP contribution in [0, 0.1) is 5.92 Å². The van der Waals surface area contributed by atoms with E-state index in [1.807, 2.05) is 0 Å². The highest BCUT2D eigenvalue weighted by molar-refractivity contribution is 5.79. The van der Waals surface area contributed by atoms with Gasteiger partial charge < -0.3 is 10.2 Å². The Morgan fingerprint density at radius 3 is 2.39 bits per heavy atom. The number of nitrogens with one attached hydrogen (secondary N) is 1. The number of hydrogen-bond donors (Lipinski definition) is 1. The number of rotatable bonds is 3. The summed E-state index contributed by atoms with van der Waals surface area (Å²) in [5.41, 5.74) is -1.14. The first-order valence-electron chi connectivity index (χ1n) is 6.33. The van der Waals surface area contributed by atoms with Gasteiger partial charge in [-0.2, -0.15) is 13.2 Å². The molecule has 2 aliphatic rings. The molecule has 3 nitrogen and oxygen atoms in total. The van der Waals surface area contributed by atoms with Crippen molar-refractivity contribution >= 4 is 5.91 Å². The van der Waals surface area contributed by atoms with Crippen molar-refractivity contribution in [1.82, 2.24) is 10.2 Å². The molecule has 1 unspecified atom stereocenters. The minimum Gasteiger partial charge on any atom is -0.336 e. The smallest absolute Gasteiger partial charge is 0.336 e. The van der Waals surface area contributed by atoms with Gasteiger partial charge in [0, 0.05) is 18.1 Å². The standard InChI is InChI=1S/C12H19F3N2O/c1-11(2)9(12(13,14)15)5-6-17(11)10(18)7-16-8-3-4-8/h8-9,16H,3-7H2,1-2H3. The van der Waals surface area contributed by atoms with Crippen LogP contribution in [0.25, 0.3) is 0 Å². The molecule has 1 atom stereocenters. The summed E-state index contributed by atoms with van der Waals surface area (Å²) < 4.78 is 38.6. The van der Waals surface area contributed by atoms with Crippen LogP contribution in [0.3, 0.4) is 0 Å². The Bertz CT molecular complexity index is 337. The van der Waals surface area contributed by atoms with Crippen LogP contribution in [-0.2, 0) is 4.79 Å². The molecule has 1 aliphatic carbocycles. The number of likely N-dealkylation sites (tertiary alicyclic amines) is 1. The van der Waals surface area contributed by atoms with E-state index in [4.69, 9.17) is 0 Å². The third-order valence-corrected chi connectivity index (χ3v) is 4.01. The number of carbonyl (C=O) groups is 1. The van der Waals surface area contributed by atoms with Gasteiger partial charge in [-0.25, -0.2) is 0 Å². The monoisotopic (exact) mass is 264 g/mol. The number of amides is 1. The average molecular weight is 264 g/mol. The van der Waals surface area contributed by atoms with Crippen LogP contribution in [0.2, 0.25) is 0 Å². The van der Waals surface area contributed by atoms with Gasteiger partial charge in [0.05, 0.1) is 12.5 Å². The zero-order valence-corrected chi connectivity index (χ0v) is 10.7. The van der Waals surface area contributed by atoms with E-state index in [1.54, 1.807) is 0 Å². The van der Waals surface area contributed by atoms with Gasteiger partial charge in [-0.15, -0.1) is 0 Å². The van der Waals surface area contributed by atoms with Crippen molar-refractivity contribution in [3.63, 3.8) is 0 Å². The molecule has 18 heavy (non-hydrogen) atoms. The summed E-state index contributed by atoms with van der Waals surface area (Å²) in [5.74, 6) is -1.64. The van der Waals surface area contributed by atoms with Gasteiger partial charge in [-0.3, -0.25) is 4.79 Å². The van der Waals surface area contributed by atoms with Gasteiger partial charge in [-0.05, 0) is 33.1 Å². The second kappa shape index (κ2) is 4.40. The first kappa shape index (κ1) is 13.6. The molecular formula is C12H19F3N2O. The molecule has 0 aromatic carbocycles. The van der Waals surface area contributed by atoms with Gasteiger partial charge in [-0.1, -0.05) is 0 Å². The summed E-state index contributed by atoms with van der Waals surface area (Å²) >= 11 is 0. The van der Waals surface area contributed by atoms with Crippen LogP contribution in [-0.4, -0.2) is 41.7 Å². The number of alkyl halides is 3. The number of hydrogen-bond acceptors (Lipinski definition) is 2. The van der Waals surface area contributed by atoms with Crippen molar-refractivity contribution in [3.8, 4) is 0 Å². The zero-order valence-electron chi connectivity index (χ0n) is 10.7. The molecule has 0 bridgehead atoms. The van der Waals surface area contributed by atoms with E-state index in [0.29, 0.717) is 6.04 Å². The number of halogens is 3. The fourth-order valence-electron chi connectivity index (χ4n) is 2.71. The molecule has 2 fully saturated rings. The van der Waals surface area contributed by atoms with Crippen molar-refractivity contribution in [3.05, 3.63) is 0 Å². The highest BCUT2D eigenvalue weighted by Gasteiger charge is 2.56. The lowest BCUT2D eigenvalue weighted by atomic mass is 9.88. The third kappa shape index (κ3) is 2.63. The Kier molecular flexibility index (Phi) is 3.34. The zero-order chi connectivity index (χ0) is 13.6. The maximum Gasteiger partial charge on any atom is 0.394 e. The molecule has 2 rings (SSSR count). The van der Waals surface area contributed by atoms with Crippen LogP contribution in [0.4, 0.5) is 13.2 Å². The van der Waals surface area contributed by atoms with Gasteiger partial charge in [0.15, 0.2) is 0 Å². The predicted molar refractivity (Wildman–Crippen MR) is 61.0 cm³/mol. The Morgan fingerprint density at radius 2 is 1.94 bits per heavy atom. The van der Waals surface area contributed by atoms with Crippen molar-refractivity contribution in [2.24, 2.45) is 5.92 Å². The van der Waals surface area contributed by atoms with Gasteiger partial charge in [0.1, 0.15) is 0 Å². The quantitative estimate of drug-likeness (QED) is 0.844. The molecule has 1 N–H and O–H groups in total. The molecule has 0 spiro atoms. The molecule has 0 aromatic heterocycles. The maximum absolute atomic E-state index is 12.9. The van der Waals surface area contributed by atoms with Gasteiger partial charge in [0.25, 0.3) is 0 Å². The Hall–Kier alpha value is -0.780. The first-order chi connectivity index (χ1) is 8.23. The molecule has 6 heteroatoms. The van der Waals surface area contributed by atoms with Crippen LogP contribution in [0.1, 0.15) is 33.1 Å². The van der Waals surface area contributed by atoms with E-state index in [0.717, 1.165) is 12.8 Å². The van der Waals surface area contributed by atoms with Crippen molar-refractivity contribution < 1.29 is 18.0 Å². The fraction of sp³-hybridized carbons (Fsp3) is 0.917. The molecule has 1 saturated carbocycles. The molecule has 104 valence electrons. The lowest BCUT2D eigenvalue weighted by Gasteiger charge is -2.36. The minimum atomic E-state index is -4.23. The summed E-state index contributed by atoms with van der Waals surface area (Å²) in [4.78, 5) is 13.3. The molecule has 0 radical (unpaired) electrons. The molecule has 1 saturated heterocycles. The van der Waals surface area contributed by atoms with Crippen molar-refractivity contribution in [2.75, 3.05) is 13.1 Å². The third-order valence-electron chi connectivity index (χ3n) is 4.01. The van der Waals surface area contributed by atoms with E-state index in [2.05, 4.69) is 5.32 Å². The highest BCUT2D eigenvalue weighted by Crippen LogP contribution is 2.44. The van der Waals surface area contributed by atoms with E-state index in [-0.39, 0.29) is 25.4 Å². The summed E-state index contributed by atoms with van der Waals surface area (Å²) in [5, 5.41) is 3.05. The van der Waals surface area contributed by atoms with Crippen molar-refractivity contribution in [1.29, 1.82) is 0 Å². The maximum atomic E-state index is 12.9. The minimum absolute atomic E-state index is 0.00562. The fourth-order valence-corrected chi connectivity index (χ4v) is 2.71. The summed E-state index contributed by atoms with van der Waals surface area (Å²) in [6.45, 7) is 3.36. The molecule has 1 amide bonds. The molecular weight excluding hydrogens is 245 g/mol. The number of nitrogens with zero attached hydrogens (tertiary/aromatic N) is 1. The molecule has 1 heterocycles. The van der Waals surface area contributed by atoms with E-state index >= 15 is 0 Å². The average Bonchev–Trinajstić information content (AvgIpc) is 2.97. The van der Waals surface area contributed by atoms with E-state index in [1.165, 1.54) is 18.7 Å². The second-order valence-electron chi connectivity index (χ2n) is 5.74. The Morgan fingerprint density at radius 1 is 1.33 bits per heavy atom. The largest absolute Gasteiger partial charge is 0.394 e. The normalized spacial score (nSPS) is 27.6. The van der Waals surface area contributed by atoms with E-state index in [9.17, 15) is 18.0 Å². The SMILES string of the molecule is CC1(C)C(C(F)(F)F)CCN1C(=O)CNC1CC1. The van der Waals surface area contributed by atoms with Gasteiger partial charge in [0.2, 0.25) is 5.91 Å². The molecule has 1 aliphatic heterocycles. The lowest BCUT2D eigenvalue weighted by Crippen LogP contribution is -2.52. The first-order valence-corrected chi connectivity index (χ1v) is 6.33. The Labute approximate surface area is 105 Å². The molecule has 0 aromatic rings. The highest BCUT2D eigenvalue weighted by atomic mass is 19.4. The van der Waals surface area contributed by atoms with Crippen molar-refractivity contribution in [2.45, 2.75) is 50.9 Å². The summed E-state index contributed by atoms with van der Waals surface area (Å²) in [6, 6.07) is 0.387. The van der Waals surface area contributed by atoms with Crippen LogP contribution < -0.4 is 5.32 Å². The predicted octanol–water partition coefficient (Wildman–Crippen LogP) is 1.93. The Balaban J connectivity index is 1.98. The summed E-state index contributed by atoms with van der Waals surface area (Å²) in [6.07, 6.45) is -2.11. The van der Waals surface area contributed by atoms with Gasteiger partial charge >= 0.3 is 6.18 Å². The topological polar surface area (TPSA) is 32.3 Å². The lowest BCUT2D eigenvalue weighted by molar-refractivity contribution is -0.192. The van der Waals surface area contributed by atoms with Crippen LogP contribution >= 0.6 is 0 Å². The van der Waals surface area contributed by atoms with E-state index < -0.39 is 17.6 Å².